The van der Waals surface area contributed by atoms with Crippen LogP contribution in [0.4, 0.5) is 0 Å². The van der Waals surface area contributed by atoms with Crippen molar-refractivity contribution in [1.29, 1.82) is 0 Å². The van der Waals surface area contributed by atoms with Crippen LogP contribution in [-0.2, 0) is 39.8 Å². The first-order valence-corrected chi connectivity index (χ1v) is 16.5. The lowest BCUT2D eigenvalue weighted by atomic mass is 10.0. The van der Waals surface area contributed by atoms with Crippen molar-refractivity contribution in [3.8, 4) is 0 Å². The first-order chi connectivity index (χ1) is 21.7. The second-order valence-electron chi connectivity index (χ2n) is 15.2. The van der Waals surface area contributed by atoms with Gasteiger partial charge in [-0.15, -0.1) is 0 Å². The number of hydrogen-bond acceptors (Lipinski definition) is 11. The highest BCUT2D eigenvalue weighted by Crippen LogP contribution is 2.14. The second kappa shape index (κ2) is 17.9. The number of carboxylic acid groups (broad SMARTS) is 1. The molecule has 2 rings (SSSR count). The van der Waals surface area contributed by atoms with E-state index in [-0.39, 0.29) is 37.5 Å². The molecule has 0 saturated carbocycles. The molecular formula is C35H58N4O8. The minimum Gasteiger partial charge on any atom is -0.480 e. The third-order valence-corrected chi connectivity index (χ3v) is 7.19. The van der Waals surface area contributed by atoms with Crippen molar-refractivity contribution in [2.45, 2.75) is 91.6 Å². The molecule has 12 heteroatoms. The van der Waals surface area contributed by atoms with Crippen molar-refractivity contribution in [2.24, 2.45) is 0 Å². The van der Waals surface area contributed by atoms with Crippen LogP contribution in [0, 0.1) is 0 Å². The summed E-state index contributed by atoms with van der Waals surface area (Å²) in [6, 6.07) is 8.67. The Bertz CT molecular complexity index is 1110. The lowest BCUT2D eigenvalue weighted by molar-refractivity contribution is -0.158. The highest BCUT2D eigenvalue weighted by molar-refractivity contribution is 5.74. The number of benzene rings is 1. The first-order valence-electron chi connectivity index (χ1n) is 16.5. The van der Waals surface area contributed by atoms with Gasteiger partial charge in [-0.25, -0.2) is 0 Å². The SMILES string of the molecule is CC(C)(C)OC(=O)CN1CCN(CC(=O)OC(C)(C)C)CCN(C(Cc2ccccc2)C(=O)O)CCN(CC(=O)OC(C)(C)C)CC1. The average molecular weight is 663 g/mol. The van der Waals surface area contributed by atoms with E-state index in [9.17, 15) is 24.3 Å². The van der Waals surface area contributed by atoms with Gasteiger partial charge in [-0.1, -0.05) is 30.3 Å². The number of aliphatic carboxylic acids is 1. The maximum absolute atomic E-state index is 12.9. The van der Waals surface area contributed by atoms with Crippen molar-refractivity contribution < 1.29 is 38.5 Å². The highest BCUT2D eigenvalue weighted by Gasteiger charge is 2.30. The monoisotopic (exact) mass is 662 g/mol. The van der Waals surface area contributed by atoms with Crippen LogP contribution in [0.3, 0.4) is 0 Å². The predicted molar refractivity (Wildman–Crippen MR) is 180 cm³/mol. The fourth-order valence-electron chi connectivity index (χ4n) is 5.22. The number of esters is 3. The molecule has 0 radical (unpaired) electrons. The molecule has 0 aliphatic carbocycles. The van der Waals surface area contributed by atoms with Gasteiger partial charge >= 0.3 is 23.9 Å². The Labute approximate surface area is 281 Å². The summed E-state index contributed by atoms with van der Waals surface area (Å²) >= 11 is 0. The number of hydrogen-bond donors (Lipinski definition) is 1. The number of carbonyl (C=O) groups excluding carboxylic acids is 3. The van der Waals surface area contributed by atoms with Gasteiger partial charge in [0.1, 0.15) is 22.8 Å². The highest BCUT2D eigenvalue weighted by atomic mass is 16.6. The molecule has 47 heavy (non-hydrogen) atoms. The van der Waals surface area contributed by atoms with Crippen LogP contribution < -0.4 is 0 Å². The van der Waals surface area contributed by atoms with Crippen LogP contribution in [0.2, 0.25) is 0 Å². The average Bonchev–Trinajstić information content (AvgIpc) is 2.89. The fraction of sp³-hybridized carbons (Fsp3) is 0.714. The quantitative estimate of drug-likeness (QED) is 0.292. The van der Waals surface area contributed by atoms with Crippen LogP contribution in [0.25, 0.3) is 0 Å². The van der Waals surface area contributed by atoms with Gasteiger partial charge in [0.05, 0.1) is 19.6 Å². The summed E-state index contributed by atoms with van der Waals surface area (Å²) in [5.74, 6) is -2.06. The van der Waals surface area contributed by atoms with Crippen molar-refractivity contribution in [3.05, 3.63) is 35.9 Å². The minimum atomic E-state index is -0.943. The molecule has 1 fully saturated rings. The Balaban J connectivity index is 2.39. The molecule has 1 heterocycles. The Morgan fingerprint density at radius 3 is 1.21 bits per heavy atom. The van der Waals surface area contributed by atoms with Crippen LogP contribution in [0.5, 0.6) is 0 Å². The molecule has 1 atom stereocenters. The van der Waals surface area contributed by atoms with Crippen molar-refractivity contribution in [2.75, 3.05) is 72.0 Å². The molecule has 1 aliphatic rings. The first kappa shape index (κ1) is 40.1. The molecular weight excluding hydrogens is 604 g/mol. The van der Waals surface area contributed by atoms with E-state index in [1.54, 1.807) is 0 Å². The number of nitrogens with zero attached hydrogens (tertiary/aromatic N) is 4. The molecule has 12 nitrogen and oxygen atoms in total. The third-order valence-electron chi connectivity index (χ3n) is 7.19. The molecule has 0 aromatic heterocycles. The topological polar surface area (TPSA) is 129 Å². The number of rotatable bonds is 10. The van der Waals surface area contributed by atoms with Crippen LogP contribution in [0.1, 0.15) is 67.9 Å². The smallest absolute Gasteiger partial charge is 0.321 e. The summed E-state index contributed by atoms with van der Waals surface area (Å²) in [6.07, 6.45) is 0.304. The Kier molecular flexibility index (Phi) is 15.3. The standard InChI is InChI=1S/C35H58N4O8/c1-33(2,3)45-29(40)24-36-15-17-37(25-30(41)46-34(4,5)6)19-21-39(28(32(43)44)23-27-13-11-10-12-14-27)22-20-38(18-16-36)26-31(42)47-35(7,8)9/h10-14,28H,15-26H2,1-9H3,(H,43,44). The maximum atomic E-state index is 12.9. The molecule has 1 aliphatic heterocycles. The summed E-state index contributed by atoms with van der Waals surface area (Å²) in [6.45, 7) is 19.7. The van der Waals surface area contributed by atoms with Gasteiger partial charge in [-0.05, 0) is 74.3 Å². The summed E-state index contributed by atoms with van der Waals surface area (Å²) in [5, 5.41) is 10.4. The number of carboxylic acids is 1. The molecule has 1 aromatic carbocycles. The largest absolute Gasteiger partial charge is 0.480 e. The Morgan fingerprint density at radius 2 is 0.915 bits per heavy atom. The number of ether oxygens (including phenoxy) is 3. The van der Waals surface area contributed by atoms with Gasteiger partial charge in [-0.2, -0.15) is 0 Å². The summed E-state index contributed by atoms with van der Waals surface area (Å²) in [5.41, 5.74) is -1.04. The molecule has 0 bridgehead atoms. The van der Waals surface area contributed by atoms with Crippen molar-refractivity contribution in [3.63, 3.8) is 0 Å². The normalized spacial score (nSPS) is 18.0. The fourth-order valence-corrected chi connectivity index (χ4v) is 5.22. The van der Waals surface area contributed by atoms with Crippen LogP contribution in [0.15, 0.2) is 30.3 Å². The lowest BCUT2D eigenvalue weighted by Crippen LogP contribution is -2.52. The Hall–Kier alpha value is -3.06. The van der Waals surface area contributed by atoms with E-state index < -0.39 is 28.8 Å². The molecule has 1 saturated heterocycles. The molecule has 266 valence electrons. The van der Waals surface area contributed by atoms with E-state index >= 15 is 0 Å². The summed E-state index contributed by atoms with van der Waals surface area (Å²) < 4.78 is 16.8. The van der Waals surface area contributed by atoms with E-state index in [2.05, 4.69) is 0 Å². The van der Waals surface area contributed by atoms with Gasteiger partial charge in [0.2, 0.25) is 0 Å². The zero-order valence-corrected chi connectivity index (χ0v) is 30.0. The minimum absolute atomic E-state index is 0.0204. The summed E-state index contributed by atoms with van der Waals surface area (Å²) in [4.78, 5) is 59.2. The lowest BCUT2D eigenvalue weighted by Gasteiger charge is -2.36. The molecule has 0 spiro atoms. The van der Waals surface area contributed by atoms with Crippen LogP contribution in [-0.4, -0.2) is 143 Å². The van der Waals surface area contributed by atoms with Gasteiger partial charge in [0.25, 0.3) is 0 Å². The van der Waals surface area contributed by atoms with Crippen molar-refractivity contribution >= 4 is 23.9 Å². The zero-order chi connectivity index (χ0) is 35.4. The molecule has 0 amide bonds. The van der Waals surface area contributed by atoms with E-state index in [1.807, 2.05) is 112 Å². The number of carbonyl (C=O) groups is 4. The van der Waals surface area contributed by atoms with Gasteiger partial charge in [0.15, 0.2) is 0 Å². The maximum Gasteiger partial charge on any atom is 0.321 e. The zero-order valence-electron chi connectivity index (χ0n) is 30.0. The molecule has 1 N–H and O–H groups in total. The van der Waals surface area contributed by atoms with E-state index in [4.69, 9.17) is 14.2 Å². The van der Waals surface area contributed by atoms with Crippen LogP contribution >= 0.6 is 0 Å². The Morgan fingerprint density at radius 1 is 0.596 bits per heavy atom. The third kappa shape index (κ3) is 17.6. The second-order valence-corrected chi connectivity index (χ2v) is 15.2. The van der Waals surface area contributed by atoms with Gasteiger partial charge in [-0.3, -0.25) is 38.8 Å². The predicted octanol–water partition coefficient (Wildman–Crippen LogP) is 2.93. The molecule has 1 aromatic rings. The molecule has 1 unspecified atom stereocenters. The van der Waals surface area contributed by atoms with E-state index in [0.29, 0.717) is 58.8 Å². The van der Waals surface area contributed by atoms with Gasteiger partial charge < -0.3 is 19.3 Å². The van der Waals surface area contributed by atoms with E-state index in [0.717, 1.165) is 5.56 Å². The van der Waals surface area contributed by atoms with Crippen molar-refractivity contribution in [1.82, 2.24) is 19.6 Å². The summed E-state index contributed by atoms with van der Waals surface area (Å²) in [7, 11) is 0. The van der Waals surface area contributed by atoms with Gasteiger partial charge in [0, 0.05) is 52.4 Å². The van der Waals surface area contributed by atoms with E-state index in [1.165, 1.54) is 0 Å².